The molecule has 0 spiro atoms. The SMILES string of the molecule is C=N/C=C\C1=C(C)CC(C)(C)[C@@H]1N. The maximum absolute atomic E-state index is 6.12. The van der Waals surface area contributed by atoms with Gasteiger partial charge in [-0.25, -0.2) is 0 Å². The van der Waals surface area contributed by atoms with Crippen LogP contribution in [0.15, 0.2) is 28.4 Å². The highest BCUT2D eigenvalue weighted by atomic mass is 14.7. The Hall–Kier alpha value is -0.890. The summed E-state index contributed by atoms with van der Waals surface area (Å²) < 4.78 is 0. The van der Waals surface area contributed by atoms with Crippen molar-refractivity contribution in [3.05, 3.63) is 23.4 Å². The van der Waals surface area contributed by atoms with Crippen LogP contribution in [0.4, 0.5) is 0 Å². The van der Waals surface area contributed by atoms with Gasteiger partial charge in [-0.3, -0.25) is 4.99 Å². The van der Waals surface area contributed by atoms with Gasteiger partial charge < -0.3 is 5.73 Å². The van der Waals surface area contributed by atoms with Crippen LogP contribution in [0.3, 0.4) is 0 Å². The van der Waals surface area contributed by atoms with Crippen LogP contribution in [-0.4, -0.2) is 12.8 Å². The first-order chi connectivity index (χ1) is 5.99. The quantitative estimate of drug-likeness (QED) is 0.647. The highest BCUT2D eigenvalue weighted by Gasteiger charge is 2.35. The zero-order valence-corrected chi connectivity index (χ0v) is 8.67. The van der Waals surface area contributed by atoms with Gasteiger partial charge in [0.2, 0.25) is 0 Å². The van der Waals surface area contributed by atoms with Gasteiger partial charge in [-0.1, -0.05) is 19.4 Å². The van der Waals surface area contributed by atoms with Crippen LogP contribution in [0.25, 0.3) is 0 Å². The lowest BCUT2D eigenvalue weighted by molar-refractivity contribution is 0.343. The average molecular weight is 178 g/mol. The van der Waals surface area contributed by atoms with Gasteiger partial charge in [0, 0.05) is 12.2 Å². The molecule has 0 saturated heterocycles. The summed E-state index contributed by atoms with van der Waals surface area (Å²) >= 11 is 0. The largest absolute Gasteiger partial charge is 0.323 e. The van der Waals surface area contributed by atoms with E-state index in [1.807, 2.05) is 6.08 Å². The number of aliphatic imine (C=N–C) groups is 1. The molecule has 2 N–H and O–H groups in total. The standard InChI is InChI=1S/C11H18N2/c1-8-7-11(2,3)10(12)9(8)5-6-13-4/h5-6,10H,4,7,12H2,1-3H3/b6-5-/t10-/m1/s1. The van der Waals surface area contributed by atoms with Crippen LogP contribution >= 0.6 is 0 Å². The van der Waals surface area contributed by atoms with Crippen LogP contribution in [-0.2, 0) is 0 Å². The molecule has 0 heterocycles. The van der Waals surface area contributed by atoms with Crippen molar-refractivity contribution in [2.75, 3.05) is 0 Å². The maximum Gasteiger partial charge on any atom is 0.0349 e. The molecule has 0 aromatic rings. The second-order valence-corrected chi connectivity index (χ2v) is 4.38. The molecular formula is C11H18N2. The smallest absolute Gasteiger partial charge is 0.0349 e. The molecule has 1 atom stereocenters. The highest BCUT2D eigenvalue weighted by Crippen LogP contribution is 2.40. The molecule has 2 heteroatoms. The summed E-state index contributed by atoms with van der Waals surface area (Å²) in [5.74, 6) is 0. The van der Waals surface area contributed by atoms with Crippen molar-refractivity contribution in [3.63, 3.8) is 0 Å². The minimum absolute atomic E-state index is 0.130. The van der Waals surface area contributed by atoms with Crippen molar-refractivity contribution in [2.24, 2.45) is 16.1 Å². The zero-order valence-electron chi connectivity index (χ0n) is 8.67. The molecular weight excluding hydrogens is 160 g/mol. The van der Waals surface area contributed by atoms with E-state index in [2.05, 4.69) is 32.5 Å². The summed E-state index contributed by atoms with van der Waals surface area (Å²) in [5, 5.41) is 0. The van der Waals surface area contributed by atoms with E-state index in [9.17, 15) is 0 Å². The molecule has 13 heavy (non-hydrogen) atoms. The molecule has 2 nitrogen and oxygen atoms in total. The zero-order chi connectivity index (χ0) is 10.1. The fraction of sp³-hybridized carbons (Fsp3) is 0.545. The van der Waals surface area contributed by atoms with Gasteiger partial charge in [0.25, 0.3) is 0 Å². The predicted octanol–water partition coefficient (Wildman–Crippen LogP) is 2.27. The van der Waals surface area contributed by atoms with Crippen LogP contribution in [0, 0.1) is 5.41 Å². The van der Waals surface area contributed by atoms with Crippen molar-refractivity contribution in [2.45, 2.75) is 33.2 Å². The predicted molar refractivity (Wildman–Crippen MR) is 57.8 cm³/mol. The summed E-state index contributed by atoms with van der Waals surface area (Å²) in [7, 11) is 0. The molecule has 0 bridgehead atoms. The van der Waals surface area contributed by atoms with E-state index in [0.717, 1.165) is 6.42 Å². The monoisotopic (exact) mass is 178 g/mol. The third-order valence-corrected chi connectivity index (χ3v) is 2.75. The molecule has 1 aliphatic rings. The van der Waals surface area contributed by atoms with Crippen LogP contribution in [0.5, 0.6) is 0 Å². The number of nitrogens with two attached hydrogens (primary N) is 1. The second-order valence-electron chi connectivity index (χ2n) is 4.38. The van der Waals surface area contributed by atoms with Gasteiger partial charge in [-0.05, 0) is 37.1 Å². The lowest BCUT2D eigenvalue weighted by atomic mass is 9.85. The maximum atomic E-state index is 6.12. The third kappa shape index (κ3) is 1.89. The lowest BCUT2D eigenvalue weighted by Crippen LogP contribution is -2.34. The van der Waals surface area contributed by atoms with Crippen molar-refractivity contribution in [3.8, 4) is 0 Å². The summed E-state index contributed by atoms with van der Waals surface area (Å²) in [5.41, 5.74) is 8.89. The number of hydrogen-bond acceptors (Lipinski definition) is 2. The minimum Gasteiger partial charge on any atom is -0.323 e. The molecule has 1 aliphatic carbocycles. The van der Waals surface area contributed by atoms with Crippen molar-refractivity contribution < 1.29 is 0 Å². The van der Waals surface area contributed by atoms with Gasteiger partial charge in [-0.2, -0.15) is 0 Å². The van der Waals surface area contributed by atoms with Crippen molar-refractivity contribution in [1.29, 1.82) is 0 Å². The van der Waals surface area contributed by atoms with Gasteiger partial charge in [0.15, 0.2) is 0 Å². The lowest BCUT2D eigenvalue weighted by Gasteiger charge is -2.24. The summed E-state index contributed by atoms with van der Waals surface area (Å²) in [6.45, 7) is 9.94. The Morgan fingerprint density at radius 3 is 2.62 bits per heavy atom. The van der Waals surface area contributed by atoms with E-state index < -0.39 is 0 Å². The molecule has 0 unspecified atom stereocenters. The van der Waals surface area contributed by atoms with Gasteiger partial charge in [-0.15, -0.1) is 0 Å². The van der Waals surface area contributed by atoms with Crippen LogP contribution in [0.2, 0.25) is 0 Å². The second kappa shape index (κ2) is 3.46. The van der Waals surface area contributed by atoms with Crippen molar-refractivity contribution in [1.82, 2.24) is 0 Å². The first-order valence-electron chi connectivity index (χ1n) is 4.56. The molecule has 0 aromatic carbocycles. The first-order valence-corrected chi connectivity index (χ1v) is 4.56. The third-order valence-electron chi connectivity index (χ3n) is 2.75. The van der Waals surface area contributed by atoms with E-state index >= 15 is 0 Å². The van der Waals surface area contributed by atoms with Gasteiger partial charge >= 0.3 is 0 Å². The van der Waals surface area contributed by atoms with E-state index in [1.54, 1.807) is 6.20 Å². The van der Waals surface area contributed by atoms with E-state index in [0.29, 0.717) is 0 Å². The topological polar surface area (TPSA) is 38.4 Å². The first kappa shape index (κ1) is 10.2. The van der Waals surface area contributed by atoms with Gasteiger partial charge in [0.1, 0.15) is 0 Å². The van der Waals surface area contributed by atoms with E-state index in [4.69, 9.17) is 5.73 Å². The Morgan fingerprint density at radius 2 is 2.23 bits per heavy atom. The summed E-state index contributed by atoms with van der Waals surface area (Å²) in [6.07, 6.45) is 4.76. The molecule has 0 aliphatic heterocycles. The Labute approximate surface area is 80.2 Å². The number of hydrogen-bond donors (Lipinski definition) is 1. The Kier molecular flexibility index (Phi) is 2.71. The average Bonchev–Trinajstić information content (AvgIpc) is 2.21. The number of nitrogens with zero attached hydrogens (tertiary/aromatic N) is 1. The van der Waals surface area contributed by atoms with E-state index in [1.165, 1.54) is 11.1 Å². The molecule has 0 aromatic heterocycles. The fourth-order valence-electron chi connectivity index (χ4n) is 1.96. The normalized spacial score (nSPS) is 27.2. The molecule has 1 rings (SSSR count). The van der Waals surface area contributed by atoms with Crippen molar-refractivity contribution >= 4 is 6.72 Å². The van der Waals surface area contributed by atoms with E-state index in [-0.39, 0.29) is 11.5 Å². The summed E-state index contributed by atoms with van der Waals surface area (Å²) in [6, 6.07) is 0.130. The summed E-state index contributed by atoms with van der Waals surface area (Å²) in [4.78, 5) is 3.70. The van der Waals surface area contributed by atoms with Gasteiger partial charge in [0.05, 0.1) is 0 Å². The van der Waals surface area contributed by atoms with Crippen LogP contribution < -0.4 is 5.73 Å². The minimum atomic E-state index is 0.130. The highest BCUT2D eigenvalue weighted by molar-refractivity contribution is 5.38. The van der Waals surface area contributed by atoms with Crippen LogP contribution in [0.1, 0.15) is 27.2 Å². The molecule has 0 radical (unpaired) electrons. The fourth-order valence-corrected chi connectivity index (χ4v) is 1.96. The Morgan fingerprint density at radius 1 is 1.62 bits per heavy atom. The number of allylic oxidation sites excluding steroid dienone is 1. The molecule has 0 saturated carbocycles. The Balaban J connectivity index is 2.90. The Bertz CT molecular complexity index is 272. The molecule has 0 amide bonds. The molecule has 0 fully saturated rings. The number of rotatable bonds is 2. The molecule has 72 valence electrons.